The molecule has 0 bridgehead atoms. The van der Waals surface area contributed by atoms with Gasteiger partial charge in [-0.1, -0.05) is 159 Å². The second kappa shape index (κ2) is 12.3. The Balaban J connectivity index is 1.24. The molecule has 0 saturated heterocycles. The van der Waals surface area contributed by atoms with E-state index in [2.05, 4.69) is 217 Å². The lowest BCUT2D eigenvalue weighted by atomic mass is 9.82. The highest BCUT2D eigenvalue weighted by Crippen LogP contribution is 2.52. The Hall–Kier alpha value is -6.64. The minimum atomic E-state index is -0.129. The maximum atomic E-state index is 2.50. The van der Waals surface area contributed by atoms with Crippen molar-refractivity contribution in [3.63, 3.8) is 0 Å². The highest BCUT2D eigenvalue weighted by atomic mass is 15.2. The maximum Gasteiger partial charge on any atom is 0.0562 e. The van der Waals surface area contributed by atoms with Crippen LogP contribution in [0.5, 0.6) is 0 Å². The van der Waals surface area contributed by atoms with E-state index in [9.17, 15) is 0 Å². The smallest absolute Gasteiger partial charge is 0.0562 e. The van der Waals surface area contributed by atoms with Crippen molar-refractivity contribution in [1.29, 1.82) is 0 Å². The molecule has 1 heterocycles. The largest absolute Gasteiger partial charge is 0.309 e. The zero-order chi connectivity index (χ0) is 35.5. The van der Waals surface area contributed by atoms with Crippen molar-refractivity contribution >= 4 is 38.9 Å². The van der Waals surface area contributed by atoms with E-state index in [4.69, 9.17) is 0 Å². The SMILES string of the molecule is CC1(C)c2ccccc2-c2ccc(N(c3ccccc3-c3ccc(-c4ccccc4)cc3)c3cccc4c3c3ccccc3n4-c3ccccc3)cc21. The minimum absolute atomic E-state index is 0.129. The summed E-state index contributed by atoms with van der Waals surface area (Å²) in [5.41, 5.74) is 17.0. The van der Waals surface area contributed by atoms with E-state index in [0.717, 1.165) is 22.7 Å². The van der Waals surface area contributed by atoms with E-state index < -0.39 is 0 Å². The molecular weight excluding hydrogens is 641 g/mol. The van der Waals surface area contributed by atoms with E-state index in [1.54, 1.807) is 0 Å². The number of nitrogens with zero attached hydrogens (tertiary/aromatic N) is 2. The summed E-state index contributed by atoms with van der Waals surface area (Å²) in [6, 6.07) is 70.8. The second-order valence-electron chi connectivity index (χ2n) is 14.6. The van der Waals surface area contributed by atoms with Gasteiger partial charge in [0.05, 0.1) is 22.4 Å². The van der Waals surface area contributed by atoms with Gasteiger partial charge in [-0.05, 0) is 87.5 Å². The number of hydrogen-bond acceptors (Lipinski definition) is 1. The number of para-hydroxylation sites is 3. The second-order valence-corrected chi connectivity index (χ2v) is 14.6. The zero-order valence-electron chi connectivity index (χ0n) is 29.9. The third kappa shape index (κ3) is 4.94. The van der Waals surface area contributed by atoms with Crippen LogP contribution in [-0.2, 0) is 5.41 Å². The molecule has 9 aromatic rings. The van der Waals surface area contributed by atoms with E-state index in [1.165, 1.54) is 66.3 Å². The zero-order valence-corrected chi connectivity index (χ0v) is 29.9. The van der Waals surface area contributed by atoms with Crippen LogP contribution in [0.4, 0.5) is 17.1 Å². The fourth-order valence-electron chi connectivity index (χ4n) is 8.67. The van der Waals surface area contributed by atoms with Gasteiger partial charge >= 0.3 is 0 Å². The molecule has 0 saturated carbocycles. The monoisotopic (exact) mass is 678 g/mol. The first-order valence-corrected chi connectivity index (χ1v) is 18.4. The highest BCUT2D eigenvalue weighted by molar-refractivity contribution is 6.17. The van der Waals surface area contributed by atoms with E-state index >= 15 is 0 Å². The van der Waals surface area contributed by atoms with Crippen LogP contribution in [0.2, 0.25) is 0 Å². The summed E-state index contributed by atoms with van der Waals surface area (Å²) < 4.78 is 2.41. The normalized spacial score (nSPS) is 12.9. The Morgan fingerprint density at radius 3 is 1.81 bits per heavy atom. The van der Waals surface area contributed by atoms with Crippen LogP contribution in [0.1, 0.15) is 25.0 Å². The predicted molar refractivity (Wildman–Crippen MR) is 224 cm³/mol. The molecular formula is C51H38N2. The van der Waals surface area contributed by atoms with Crippen molar-refractivity contribution in [1.82, 2.24) is 4.57 Å². The molecule has 8 aromatic carbocycles. The first kappa shape index (κ1) is 31.1. The number of rotatable bonds is 6. The van der Waals surface area contributed by atoms with Crippen LogP contribution < -0.4 is 4.90 Å². The molecule has 1 aliphatic carbocycles. The molecule has 0 spiro atoms. The standard InChI is InChI=1S/C51H38N2/c1-51(2)44-23-12-9-21-41(44)42-33-32-39(34-45(42)51)53(46-24-13-10-20-40(46)37-30-28-36(29-31-37)35-16-5-3-6-17-35)49-27-15-26-48-50(49)43-22-11-14-25-47(43)52(48)38-18-7-4-8-19-38/h3-34H,1-2H3. The van der Waals surface area contributed by atoms with Crippen LogP contribution in [0, 0.1) is 0 Å². The molecule has 1 aliphatic rings. The van der Waals surface area contributed by atoms with E-state index in [1.807, 2.05) is 0 Å². The minimum Gasteiger partial charge on any atom is -0.309 e. The average molecular weight is 679 g/mol. The Labute approximate surface area is 310 Å². The summed E-state index contributed by atoms with van der Waals surface area (Å²) in [5, 5.41) is 2.45. The summed E-state index contributed by atoms with van der Waals surface area (Å²) in [6.45, 7) is 4.73. The van der Waals surface area contributed by atoms with Gasteiger partial charge in [0.25, 0.3) is 0 Å². The lowest BCUT2D eigenvalue weighted by Gasteiger charge is -2.30. The third-order valence-electron chi connectivity index (χ3n) is 11.2. The molecule has 0 N–H and O–H groups in total. The van der Waals surface area contributed by atoms with E-state index in [0.29, 0.717) is 0 Å². The number of hydrogen-bond donors (Lipinski definition) is 0. The fraction of sp³-hybridized carbons (Fsp3) is 0.0588. The molecule has 2 nitrogen and oxygen atoms in total. The van der Waals surface area contributed by atoms with E-state index in [-0.39, 0.29) is 5.41 Å². The molecule has 0 aliphatic heterocycles. The van der Waals surface area contributed by atoms with Gasteiger partial charge in [0.1, 0.15) is 0 Å². The van der Waals surface area contributed by atoms with Crippen molar-refractivity contribution in [3.8, 4) is 39.1 Å². The van der Waals surface area contributed by atoms with Crippen molar-refractivity contribution in [2.24, 2.45) is 0 Å². The molecule has 0 atom stereocenters. The van der Waals surface area contributed by atoms with Crippen LogP contribution >= 0.6 is 0 Å². The number of benzene rings is 8. The van der Waals surface area contributed by atoms with Crippen molar-refractivity contribution < 1.29 is 0 Å². The molecule has 10 rings (SSSR count). The quantitative estimate of drug-likeness (QED) is 0.170. The summed E-state index contributed by atoms with van der Waals surface area (Å²) >= 11 is 0. The van der Waals surface area contributed by atoms with Gasteiger partial charge in [-0.15, -0.1) is 0 Å². The number of anilines is 3. The topological polar surface area (TPSA) is 8.17 Å². The molecule has 0 radical (unpaired) electrons. The Kier molecular flexibility index (Phi) is 7.19. The van der Waals surface area contributed by atoms with Gasteiger partial charge in [-0.2, -0.15) is 0 Å². The lowest BCUT2D eigenvalue weighted by Crippen LogP contribution is -2.17. The first-order chi connectivity index (χ1) is 26.1. The predicted octanol–water partition coefficient (Wildman–Crippen LogP) is 13.9. The van der Waals surface area contributed by atoms with Crippen LogP contribution in [-0.4, -0.2) is 4.57 Å². The molecule has 0 fully saturated rings. The number of aromatic nitrogens is 1. The molecule has 252 valence electrons. The van der Waals surface area contributed by atoms with Gasteiger partial charge in [-0.25, -0.2) is 0 Å². The van der Waals surface area contributed by atoms with Crippen LogP contribution in [0.3, 0.4) is 0 Å². The molecule has 2 heteroatoms. The average Bonchev–Trinajstić information content (AvgIpc) is 3.68. The third-order valence-corrected chi connectivity index (χ3v) is 11.2. The Morgan fingerprint density at radius 1 is 0.415 bits per heavy atom. The Bertz CT molecular complexity index is 2790. The molecule has 53 heavy (non-hydrogen) atoms. The van der Waals surface area contributed by atoms with Gasteiger partial charge in [0.2, 0.25) is 0 Å². The lowest BCUT2D eigenvalue weighted by molar-refractivity contribution is 0.660. The maximum absolute atomic E-state index is 2.50. The number of fused-ring (bicyclic) bond motifs is 6. The summed E-state index contributed by atoms with van der Waals surface area (Å²) in [6.07, 6.45) is 0. The summed E-state index contributed by atoms with van der Waals surface area (Å²) in [4.78, 5) is 2.50. The van der Waals surface area contributed by atoms with Gasteiger partial charge in [-0.3, -0.25) is 0 Å². The van der Waals surface area contributed by atoms with Crippen LogP contribution in [0.15, 0.2) is 194 Å². The summed E-state index contributed by atoms with van der Waals surface area (Å²) in [5.74, 6) is 0. The Morgan fingerprint density at radius 2 is 1.00 bits per heavy atom. The molecule has 0 unspecified atom stereocenters. The van der Waals surface area contributed by atoms with Crippen molar-refractivity contribution in [2.45, 2.75) is 19.3 Å². The first-order valence-electron chi connectivity index (χ1n) is 18.4. The molecule has 0 amide bonds. The highest BCUT2D eigenvalue weighted by Gasteiger charge is 2.36. The molecule has 1 aromatic heterocycles. The van der Waals surface area contributed by atoms with Gasteiger partial charge in [0, 0.05) is 33.1 Å². The van der Waals surface area contributed by atoms with Crippen molar-refractivity contribution in [2.75, 3.05) is 4.90 Å². The fourth-order valence-corrected chi connectivity index (χ4v) is 8.67. The van der Waals surface area contributed by atoms with Crippen molar-refractivity contribution in [3.05, 3.63) is 205 Å². The summed E-state index contributed by atoms with van der Waals surface area (Å²) in [7, 11) is 0. The van der Waals surface area contributed by atoms with Crippen LogP contribution in [0.25, 0.3) is 60.9 Å². The van der Waals surface area contributed by atoms with Gasteiger partial charge in [0.15, 0.2) is 0 Å². The van der Waals surface area contributed by atoms with Gasteiger partial charge < -0.3 is 9.47 Å².